The molecule has 2 heterocycles. The molecule has 0 unspecified atom stereocenters. The summed E-state index contributed by atoms with van der Waals surface area (Å²) in [5, 5.41) is 13.3. The van der Waals surface area contributed by atoms with Gasteiger partial charge >= 0.3 is 0 Å². The van der Waals surface area contributed by atoms with Crippen LogP contribution in [0.15, 0.2) is 83.3 Å². The van der Waals surface area contributed by atoms with Crippen molar-refractivity contribution >= 4 is 28.3 Å². The van der Waals surface area contributed by atoms with E-state index in [-0.39, 0.29) is 5.89 Å². The van der Waals surface area contributed by atoms with E-state index in [1.54, 1.807) is 0 Å². The maximum absolute atomic E-state index is 6.29. The van der Waals surface area contributed by atoms with Gasteiger partial charge in [0, 0.05) is 22.5 Å². The molecule has 2 aromatic heterocycles. The highest BCUT2D eigenvalue weighted by Crippen LogP contribution is 2.27. The van der Waals surface area contributed by atoms with Gasteiger partial charge in [-0.2, -0.15) is 0 Å². The van der Waals surface area contributed by atoms with Crippen molar-refractivity contribution in [1.82, 2.24) is 20.2 Å². The van der Waals surface area contributed by atoms with Gasteiger partial charge in [-0.1, -0.05) is 60.1 Å². The first-order valence-corrected chi connectivity index (χ1v) is 9.79. The fourth-order valence-corrected chi connectivity index (χ4v) is 3.34. The van der Waals surface area contributed by atoms with Gasteiger partial charge in [-0.25, -0.2) is 9.97 Å². The number of aromatic nitrogens is 4. The van der Waals surface area contributed by atoms with E-state index in [0.29, 0.717) is 29.1 Å². The number of fused-ring (bicyclic) bond motifs is 1. The molecule has 7 heteroatoms. The van der Waals surface area contributed by atoms with E-state index in [1.807, 2.05) is 78.9 Å². The number of anilines is 1. The molecular formula is C23H16ClN5O. The smallest absolute Gasteiger partial charge is 0.286 e. The fourth-order valence-electron chi connectivity index (χ4n) is 3.14. The molecule has 0 radical (unpaired) electrons. The van der Waals surface area contributed by atoms with E-state index in [2.05, 4.69) is 25.5 Å². The summed E-state index contributed by atoms with van der Waals surface area (Å²) in [5.74, 6) is 1.73. The van der Waals surface area contributed by atoms with Gasteiger partial charge in [0.1, 0.15) is 5.82 Å². The predicted octanol–water partition coefficient (Wildman–Crippen LogP) is 5.61. The molecule has 0 bridgehead atoms. The monoisotopic (exact) mass is 413 g/mol. The molecule has 0 fully saturated rings. The maximum Gasteiger partial charge on any atom is 0.286 e. The molecule has 0 aliphatic carbocycles. The molecule has 6 nitrogen and oxygen atoms in total. The zero-order valence-electron chi connectivity index (χ0n) is 15.8. The molecule has 0 spiro atoms. The predicted molar refractivity (Wildman–Crippen MR) is 117 cm³/mol. The highest BCUT2D eigenvalue weighted by Gasteiger charge is 2.16. The second-order valence-corrected chi connectivity index (χ2v) is 7.04. The number of nitrogens with one attached hydrogen (secondary N) is 1. The van der Waals surface area contributed by atoms with E-state index in [1.165, 1.54) is 0 Å². The van der Waals surface area contributed by atoms with Crippen LogP contribution in [0.1, 0.15) is 5.56 Å². The molecule has 0 saturated heterocycles. The summed E-state index contributed by atoms with van der Waals surface area (Å²) in [6.45, 7) is 0.527. The van der Waals surface area contributed by atoms with E-state index in [9.17, 15) is 0 Å². The van der Waals surface area contributed by atoms with Gasteiger partial charge in [-0.15, -0.1) is 10.2 Å². The minimum absolute atomic E-state index is 0.264. The molecule has 0 aliphatic heterocycles. The normalized spacial score (nSPS) is 11.0. The van der Waals surface area contributed by atoms with Crippen molar-refractivity contribution in [1.29, 1.82) is 0 Å². The molecule has 1 N–H and O–H groups in total. The van der Waals surface area contributed by atoms with Crippen LogP contribution in [0, 0.1) is 0 Å². The number of hydrogen-bond donors (Lipinski definition) is 1. The summed E-state index contributed by atoms with van der Waals surface area (Å²) in [6.07, 6.45) is 0. The number of benzene rings is 3. The summed E-state index contributed by atoms with van der Waals surface area (Å²) >= 11 is 6.29. The highest BCUT2D eigenvalue weighted by molar-refractivity contribution is 6.31. The standard InChI is InChI=1S/C23H16ClN5O/c24-18-12-6-4-10-16(18)14-25-20-17-11-5-7-13-19(17)26-21(27-20)23-29-28-22(30-23)15-8-2-1-3-9-15/h1-13H,14H2,(H,25,26,27). The quantitative estimate of drug-likeness (QED) is 0.403. The van der Waals surface area contributed by atoms with Crippen molar-refractivity contribution in [3.05, 3.63) is 89.4 Å². The molecule has 0 saturated carbocycles. The van der Waals surface area contributed by atoms with Crippen LogP contribution in [0.2, 0.25) is 5.02 Å². The number of para-hydroxylation sites is 1. The topological polar surface area (TPSA) is 76.7 Å². The number of halogens is 1. The zero-order chi connectivity index (χ0) is 20.3. The lowest BCUT2D eigenvalue weighted by Gasteiger charge is -2.10. The Morgan fingerprint density at radius 3 is 2.37 bits per heavy atom. The van der Waals surface area contributed by atoms with Gasteiger partial charge < -0.3 is 9.73 Å². The Bertz CT molecular complexity index is 1320. The summed E-state index contributed by atoms with van der Waals surface area (Å²) in [5.41, 5.74) is 2.60. The fraction of sp³-hybridized carbons (Fsp3) is 0.0435. The minimum atomic E-state index is 0.264. The van der Waals surface area contributed by atoms with Crippen LogP contribution in [0.4, 0.5) is 5.82 Å². The van der Waals surface area contributed by atoms with Gasteiger partial charge in [0.15, 0.2) is 0 Å². The van der Waals surface area contributed by atoms with Gasteiger partial charge in [0.2, 0.25) is 11.7 Å². The van der Waals surface area contributed by atoms with Crippen molar-refractivity contribution < 1.29 is 4.42 Å². The number of nitrogens with zero attached hydrogens (tertiary/aromatic N) is 4. The van der Waals surface area contributed by atoms with Gasteiger partial charge in [-0.05, 0) is 35.9 Å². The third kappa shape index (κ3) is 3.60. The van der Waals surface area contributed by atoms with Crippen LogP contribution in [-0.2, 0) is 6.54 Å². The van der Waals surface area contributed by atoms with E-state index in [4.69, 9.17) is 16.0 Å². The lowest BCUT2D eigenvalue weighted by molar-refractivity contribution is 0.579. The number of rotatable bonds is 5. The van der Waals surface area contributed by atoms with Gasteiger partial charge in [0.05, 0.1) is 5.52 Å². The number of hydrogen-bond acceptors (Lipinski definition) is 6. The van der Waals surface area contributed by atoms with Crippen molar-refractivity contribution in [2.24, 2.45) is 0 Å². The summed E-state index contributed by atoms with van der Waals surface area (Å²) in [6, 6.07) is 25.1. The van der Waals surface area contributed by atoms with E-state index in [0.717, 1.165) is 22.0 Å². The van der Waals surface area contributed by atoms with E-state index >= 15 is 0 Å². The SMILES string of the molecule is Clc1ccccc1CNc1nc(-c2nnc(-c3ccccc3)o2)nc2ccccc12. The summed E-state index contributed by atoms with van der Waals surface area (Å²) < 4.78 is 5.85. The third-order valence-electron chi connectivity index (χ3n) is 4.64. The average molecular weight is 414 g/mol. The first kappa shape index (κ1) is 18.3. The average Bonchev–Trinajstić information content (AvgIpc) is 3.29. The molecule has 0 atom stereocenters. The Morgan fingerprint density at radius 2 is 1.50 bits per heavy atom. The van der Waals surface area contributed by atoms with Crippen LogP contribution >= 0.6 is 11.6 Å². The molecule has 5 aromatic rings. The van der Waals surface area contributed by atoms with Crippen LogP contribution in [0.25, 0.3) is 34.1 Å². The maximum atomic E-state index is 6.29. The van der Waals surface area contributed by atoms with Crippen molar-refractivity contribution in [2.45, 2.75) is 6.54 Å². The Hall–Kier alpha value is -3.77. The van der Waals surface area contributed by atoms with E-state index < -0.39 is 0 Å². The zero-order valence-corrected chi connectivity index (χ0v) is 16.5. The molecular weight excluding hydrogens is 398 g/mol. The minimum Gasteiger partial charge on any atom is -0.413 e. The Balaban J connectivity index is 1.52. The third-order valence-corrected chi connectivity index (χ3v) is 5.01. The van der Waals surface area contributed by atoms with Crippen molar-refractivity contribution in [2.75, 3.05) is 5.32 Å². The van der Waals surface area contributed by atoms with Crippen molar-refractivity contribution in [3.63, 3.8) is 0 Å². The lowest BCUT2D eigenvalue weighted by atomic mass is 10.2. The Labute approximate surface area is 177 Å². The molecule has 30 heavy (non-hydrogen) atoms. The first-order chi connectivity index (χ1) is 14.8. The van der Waals surface area contributed by atoms with Crippen LogP contribution in [-0.4, -0.2) is 20.2 Å². The Kier molecular flexibility index (Phi) is 4.83. The molecule has 146 valence electrons. The molecule has 3 aromatic carbocycles. The van der Waals surface area contributed by atoms with Crippen LogP contribution in [0.3, 0.4) is 0 Å². The summed E-state index contributed by atoms with van der Waals surface area (Å²) in [7, 11) is 0. The van der Waals surface area contributed by atoms with Crippen molar-refractivity contribution in [3.8, 4) is 23.2 Å². The highest BCUT2D eigenvalue weighted by atomic mass is 35.5. The molecule has 5 rings (SSSR count). The second-order valence-electron chi connectivity index (χ2n) is 6.64. The first-order valence-electron chi connectivity index (χ1n) is 9.41. The Morgan fingerprint density at radius 1 is 0.767 bits per heavy atom. The van der Waals surface area contributed by atoms with Crippen LogP contribution < -0.4 is 5.32 Å². The largest absolute Gasteiger partial charge is 0.413 e. The van der Waals surface area contributed by atoms with Gasteiger partial charge in [0.25, 0.3) is 5.89 Å². The lowest BCUT2D eigenvalue weighted by Crippen LogP contribution is -2.04. The van der Waals surface area contributed by atoms with Crippen LogP contribution in [0.5, 0.6) is 0 Å². The van der Waals surface area contributed by atoms with Gasteiger partial charge in [-0.3, -0.25) is 0 Å². The summed E-state index contributed by atoms with van der Waals surface area (Å²) in [4.78, 5) is 9.27. The molecule has 0 amide bonds. The molecule has 0 aliphatic rings. The second kappa shape index (κ2) is 7.93.